The van der Waals surface area contributed by atoms with E-state index < -0.39 is 0 Å². The van der Waals surface area contributed by atoms with Gasteiger partial charge in [-0.2, -0.15) is 0 Å². The summed E-state index contributed by atoms with van der Waals surface area (Å²) in [4.78, 5) is 0. The third-order valence-electron chi connectivity index (χ3n) is 3.76. The predicted octanol–water partition coefficient (Wildman–Crippen LogP) is 2.83. The van der Waals surface area contributed by atoms with Gasteiger partial charge in [0.2, 0.25) is 0 Å². The van der Waals surface area contributed by atoms with Crippen molar-refractivity contribution >= 4 is 0 Å². The van der Waals surface area contributed by atoms with E-state index in [2.05, 4.69) is 24.4 Å². The summed E-state index contributed by atoms with van der Waals surface area (Å²) >= 11 is 0. The van der Waals surface area contributed by atoms with Crippen LogP contribution in [0.25, 0.3) is 0 Å². The Kier molecular flexibility index (Phi) is 3.16. The molecule has 3 heteroatoms. The molecule has 2 heterocycles. The molecular weight excluding hydrogens is 226 g/mol. The van der Waals surface area contributed by atoms with E-state index in [1.807, 2.05) is 6.92 Å². The summed E-state index contributed by atoms with van der Waals surface area (Å²) in [5.41, 5.74) is 2.55. The van der Waals surface area contributed by atoms with Crippen molar-refractivity contribution in [2.75, 3.05) is 13.2 Å². The molecule has 1 aromatic carbocycles. The molecule has 0 saturated carbocycles. The average Bonchev–Trinajstić information content (AvgIpc) is 2.95. The Balaban J connectivity index is 1.97. The second-order valence-electron chi connectivity index (χ2n) is 5.21. The first kappa shape index (κ1) is 11.8. The minimum atomic E-state index is 0.293. The van der Waals surface area contributed by atoms with Crippen LogP contribution in [0.5, 0.6) is 11.5 Å². The maximum Gasteiger partial charge on any atom is 0.124 e. The minimum absolute atomic E-state index is 0.293. The number of benzene rings is 1. The van der Waals surface area contributed by atoms with Gasteiger partial charge in [0.1, 0.15) is 17.6 Å². The number of ether oxygens (including phenoxy) is 2. The van der Waals surface area contributed by atoms with E-state index in [-0.39, 0.29) is 0 Å². The van der Waals surface area contributed by atoms with Crippen molar-refractivity contribution in [1.82, 2.24) is 5.32 Å². The molecular formula is C15H21NO2. The molecule has 0 bridgehead atoms. The van der Waals surface area contributed by atoms with E-state index >= 15 is 0 Å². The summed E-state index contributed by atoms with van der Waals surface area (Å²) in [5, 5.41) is 3.54. The van der Waals surface area contributed by atoms with Gasteiger partial charge in [0.25, 0.3) is 0 Å². The van der Waals surface area contributed by atoms with Gasteiger partial charge < -0.3 is 14.8 Å². The lowest BCUT2D eigenvalue weighted by molar-refractivity contribution is 0.254. The van der Waals surface area contributed by atoms with Gasteiger partial charge >= 0.3 is 0 Å². The maximum absolute atomic E-state index is 5.86. The molecule has 3 nitrogen and oxygen atoms in total. The zero-order chi connectivity index (χ0) is 12.5. The van der Waals surface area contributed by atoms with E-state index in [4.69, 9.17) is 9.47 Å². The molecule has 1 N–H and O–H groups in total. The fourth-order valence-corrected chi connectivity index (χ4v) is 2.96. The number of hydrogen-bond donors (Lipinski definition) is 1. The van der Waals surface area contributed by atoms with Crippen molar-refractivity contribution in [3.63, 3.8) is 0 Å². The van der Waals surface area contributed by atoms with Crippen LogP contribution in [-0.2, 0) is 6.42 Å². The highest BCUT2D eigenvalue weighted by atomic mass is 16.5. The molecule has 1 aromatic rings. The molecule has 3 rings (SSSR count). The van der Waals surface area contributed by atoms with Gasteiger partial charge in [0.05, 0.1) is 6.61 Å². The van der Waals surface area contributed by atoms with Crippen LogP contribution in [0.15, 0.2) is 12.1 Å². The maximum atomic E-state index is 5.86. The standard InChI is InChI=1S/C15H21NO2/c1-3-17-15-8-11-7-10(2)18-14(11)9-12(15)13-5-4-6-16-13/h8-10,13,16H,3-7H2,1-2H3. The Morgan fingerprint density at radius 3 is 3.06 bits per heavy atom. The van der Waals surface area contributed by atoms with Crippen LogP contribution in [0.3, 0.4) is 0 Å². The van der Waals surface area contributed by atoms with E-state index in [0.29, 0.717) is 12.1 Å². The topological polar surface area (TPSA) is 30.5 Å². The largest absolute Gasteiger partial charge is 0.494 e. The van der Waals surface area contributed by atoms with Crippen LogP contribution in [-0.4, -0.2) is 19.3 Å². The Hall–Kier alpha value is -1.22. The van der Waals surface area contributed by atoms with Crippen molar-refractivity contribution in [1.29, 1.82) is 0 Å². The van der Waals surface area contributed by atoms with Gasteiger partial charge in [-0.15, -0.1) is 0 Å². The molecule has 2 atom stereocenters. The van der Waals surface area contributed by atoms with Crippen molar-refractivity contribution in [3.8, 4) is 11.5 Å². The summed E-state index contributed by atoms with van der Waals surface area (Å²) < 4.78 is 11.7. The Labute approximate surface area is 108 Å². The van der Waals surface area contributed by atoms with Gasteiger partial charge in [-0.05, 0) is 45.4 Å². The van der Waals surface area contributed by atoms with Crippen molar-refractivity contribution < 1.29 is 9.47 Å². The number of hydrogen-bond acceptors (Lipinski definition) is 3. The molecule has 1 saturated heterocycles. The molecule has 0 spiro atoms. The lowest BCUT2D eigenvalue weighted by atomic mass is 10.0. The molecule has 2 unspecified atom stereocenters. The monoisotopic (exact) mass is 247 g/mol. The predicted molar refractivity (Wildman–Crippen MR) is 71.4 cm³/mol. The van der Waals surface area contributed by atoms with Gasteiger partial charge in [0, 0.05) is 23.6 Å². The fraction of sp³-hybridized carbons (Fsp3) is 0.600. The fourth-order valence-electron chi connectivity index (χ4n) is 2.96. The van der Waals surface area contributed by atoms with Crippen LogP contribution in [0.4, 0.5) is 0 Å². The van der Waals surface area contributed by atoms with Crippen LogP contribution < -0.4 is 14.8 Å². The van der Waals surface area contributed by atoms with Crippen LogP contribution >= 0.6 is 0 Å². The number of rotatable bonds is 3. The Morgan fingerprint density at radius 2 is 2.33 bits per heavy atom. The van der Waals surface area contributed by atoms with Gasteiger partial charge in [-0.25, -0.2) is 0 Å². The third-order valence-corrected chi connectivity index (χ3v) is 3.76. The summed E-state index contributed by atoms with van der Waals surface area (Å²) in [7, 11) is 0. The smallest absolute Gasteiger partial charge is 0.124 e. The quantitative estimate of drug-likeness (QED) is 0.891. The molecule has 2 aliphatic heterocycles. The van der Waals surface area contributed by atoms with Gasteiger partial charge in [-0.3, -0.25) is 0 Å². The summed E-state index contributed by atoms with van der Waals surface area (Å²) in [6, 6.07) is 4.79. The first-order valence-corrected chi connectivity index (χ1v) is 6.97. The zero-order valence-electron chi connectivity index (χ0n) is 11.2. The summed E-state index contributed by atoms with van der Waals surface area (Å²) in [6.45, 7) is 5.98. The Morgan fingerprint density at radius 1 is 1.44 bits per heavy atom. The molecule has 2 aliphatic rings. The first-order valence-electron chi connectivity index (χ1n) is 6.97. The summed E-state index contributed by atoms with van der Waals surface area (Å²) in [6.07, 6.45) is 3.72. The average molecular weight is 247 g/mol. The number of fused-ring (bicyclic) bond motifs is 1. The molecule has 0 aliphatic carbocycles. The SMILES string of the molecule is CCOc1cc2c(cc1C1CCCN1)OC(C)C2. The van der Waals surface area contributed by atoms with Gasteiger partial charge in [-0.1, -0.05) is 0 Å². The van der Waals surface area contributed by atoms with E-state index in [1.54, 1.807) is 0 Å². The lowest BCUT2D eigenvalue weighted by Crippen LogP contribution is -2.14. The lowest BCUT2D eigenvalue weighted by Gasteiger charge is -2.17. The number of nitrogens with one attached hydrogen (secondary N) is 1. The highest BCUT2D eigenvalue weighted by molar-refractivity contribution is 5.50. The first-order chi connectivity index (χ1) is 8.78. The van der Waals surface area contributed by atoms with E-state index in [1.165, 1.54) is 24.0 Å². The molecule has 0 amide bonds. The van der Waals surface area contributed by atoms with Gasteiger partial charge in [0.15, 0.2) is 0 Å². The molecule has 0 aromatic heterocycles. The second-order valence-corrected chi connectivity index (χ2v) is 5.21. The van der Waals surface area contributed by atoms with Crippen LogP contribution in [0.2, 0.25) is 0 Å². The molecule has 18 heavy (non-hydrogen) atoms. The molecule has 1 fully saturated rings. The Bertz CT molecular complexity index is 438. The minimum Gasteiger partial charge on any atom is -0.494 e. The highest BCUT2D eigenvalue weighted by Gasteiger charge is 2.26. The highest BCUT2D eigenvalue weighted by Crippen LogP contribution is 2.39. The van der Waals surface area contributed by atoms with E-state index in [9.17, 15) is 0 Å². The van der Waals surface area contributed by atoms with Crippen molar-refractivity contribution in [3.05, 3.63) is 23.3 Å². The third kappa shape index (κ3) is 2.07. The zero-order valence-corrected chi connectivity index (χ0v) is 11.2. The molecule has 98 valence electrons. The normalized spacial score (nSPS) is 25.9. The van der Waals surface area contributed by atoms with Crippen LogP contribution in [0, 0.1) is 0 Å². The molecule has 0 radical (unpaired) electrons. The van der Waals surface area contributed by atoms with Crippen molar-refractivity contribution in [2.45, 2.75) is 45.3 Å². The van der Waals surface area contributed by atoms with Crippen molar-refractivity contribution in [2.24, 2.45) is 0 Å². The summed E-state index contributed by atoms with van der Waals surface area (Å²) in [5.74, 6) is 2.09. The van der Waals surface area contributed by atoms with Crippen LogP contribution in [0.1, 0.15) is 43.9 Å². The second kappa shape index (κ2) is 4.81. The van der Waals surface area contributed by atoms with E-state index in [0.717, 1.165) is 31.1 Å².